The first-order chi connectivity index (χ1) is 8.54. The summed E-state index contributed by atoms with van der Waals surface area (Å²) in [4.78, 5) is 0. The lowest BCUT2D eigenvalue weighted by atomic mass is 10.1. The van der Waals surface area contributed by atoms with E-state index in [1.807, 2.05) is 13.1 Å². The quantitative estimate of drug-likeness (QED) is 0.922. The molecule has 18 heavy (non-hydrogen) atoms. The molecular weight excluding hydrogens is 295 g/mol. The summed E-state index contributed by atoms with van der Waals surface area (Å²) in [5, 5.41) is 0. The zero-order valence-electron chi connectivity index (χ0n) is 10.2. The van der Waals surface area contributed by atoms with E-state index in [-0.39, 0.29) is 11.9 Å². The molecule has 2 N–H and O–H groups in total. The molecule has 0 bridgehead atoms. The minimum absolute atomic E-state index is 0.165. The van der Waals surface area contributed by atoms with Crippen molar-refractivity contribution in [3.05, 3.63) is 58.1 Å². The number of rotatable bonds is 4. The summed E-state index contributed by atoms with van der Waals surface area (Å²) < 4.78 is 15.9. The second-order valence-electron chi connectivity index (χ2n) is 4.61. The molecule has 1 heterocycles. The van der Waals surface area contributed by atoms with Gasteiger partial charge >= 0.3 is 0 Å². The van der Waals surface area contributed by atoms with Crippen LogP contribution in [0, 0.1) is 5.82 Å². The number of nitrogens with two attached hydrogens (primary N) is 1. The van der Waals surface area contributed by atoms with Crippen LogP contribution in [0.1, 0.15) is 18.1 Å². The second kappa shape index (κ2) is 5.67. The SMILES string of the molecule is CC(N)Cc1ccn(Cc2ccc(F)cc2Br)c1. The van der Waals surface area contributed by atoms with E-state index in [2.05, 4.69) is 32.8 Å². The maximum Gasteiger partial charge on any atom is 0.124 e. The van der Waals surface area contributed by atoms with Crippen LogP contribution in [-0.2, 0) is 13.0 Å². The van der Waals surface area contributed by atoms with Crippen LogP contribution in [0.4, 0.5) is 4.39 Å². The molecule has 0 amide bonds. The van der Waals surface area contributed by atoms with Crippen molar-refractivity contribution >= 4 is 15.9 Å². The highest BCUT2D eigenvalue weighted by Gasteiger charge is 2.04. The van der Waals surface area contributed by atoms with Crippen molar-refractivity contribution in [3.8, 4) is 0 Å². The minimum atomic E-state index is -0.226. The van der Waals surface area contributed by atoms with Gasteiger partial charge in [0.25, 0.3) is 0 Å². The number of benzene rings is 1. The van der Waals surface area contributed by atoms with Crippen LogP contribution in [-0.4, -0.2) is 10.6 Å². The lowest BCUT2D eigenvalue weighted by Gasteiger charge is -2.06. The molecular formula is C14H16BrFN2. The highest BCUT2D eigenvalue weighted by atomic mass is 79.9. The number of hydrogen-bond donors (Lipinski definition) is 1. The normalized spacial score (nSPS) is 12.7. The van der Waals surface area contributed by atoms with Crippen LogP contribution in [0.15, 0.2) is 41.1 Å². The van der Waals surface area contributed by atoms with Crippen LogP contribution in [0.2, 0.25) is 0 Å². The molecule has 0 aliphatic rings. The van der Waals surface area contributed by atoms with Crippen molar-refractivity contribution in [1.82, 2.24) is 4.57 Å². The van der Waals surface area contributed by atoms with Crippen molar-refractivity contribution in [1.29, 1.82) is 0 Å². The van der Waals surface area contributed by atoms with Crippen molar-refractivity contribution in [2.45, 2.75) is 25.9 Å². The predicted octanol–water partition coefficient (Wildman–Crippen LogP) is 3.33. The van der Waals surface area contributed by atoms with Gasteiger partial charge < -0.3 is 10.3 Å². The van der Waals surface area contributed by atoms with Crippen LogP contribution in [0.5, 0.6) is 0 Å². The maximum atomic E-state index is 13.0. The van der Waals surface area contributed by atoms with Gasteiger partial charge in [0.2, 0.25) is 0 Å². The maximum absolute atomic E-state index is 13.0. The molecule has 0 spiro atoms. The highest BCUT2D eigenvalue weighted by Crippen LogP contribution is 2.19. The fourth-order valence-electron chi connectivity index (χ4n) is 1.93. The van der Waals surface area contributed by atoms with E-state index in [1.165, 1.54) is 17.7 Å². The fourth-order valence-corrected chi connectivity index (χ4v) is 2.40. The van der Waals surface area contributed by atoms with Crippen LogP contribution in [0.25, 0.3) is 0 Å². The third-order valence-corrected chi connectivity index (χ3v) is 3.48. The third kappa shape index (κ3) is 3.43. The molecule has 2 rings (SSSR count). The average molecular weight is 311 g/mol. The molecule has 0 saturated heterocycles. The molecule has 2 aromatic rings. The summed E-state index contributed by atoms with van der Waals surface area (Å²) in [5.41, 5.74) is 8.05. The van der Waals surface area contributed by atoms with Gasteiger partial charge in [0, 0.05) is 29.5 Å². The van der Waals surface area contributed by atoms with E-state index >= 15 is 0 Å². The van der Waals surface area contributed by atoms with E-state index in [0.29, 0.717) is 0 Å². The van der Waals surface area contributed by atoms with Gasteiger partial charge in [-0.3, -0.25) is 0 Å². The molecule has 1 unspecified atom stereocenters. The molecule has 96 valence electrons. The Hall–Kier alpha value is -1.13. The van der Waals surface area contributed by atoms with Gasteiger partial charge in [-0.15, -0.1) is 0 Å². The Labute approximate surface area is 115 Å². The molecule has 1 aromatic carbocycles. The van der Waals surface area contributed by atoms with Gasteiger partial charge in [0.05, 0.1) is 0 Å². The van der Waals surface area contributed by atoms with E-state index in [0.717, 1.165) is 23.0 Å². The van der Waals surface area contributed by atoms with Gasteiger partial charge in [-0.25, -0.2) is 4.39 Å². The summed E-state index contributed by atoms with van der Waals surface area (Å²) in [6, 6.07) is 7.00. The predicted molar refractivity (Wildman–Crippen MR) is 75.0 cm³/mol. The Morgan fingerprint density at radius 3 is 2.83 bits per heavy atom. The first kappa shape index (κ1) is 13.3. The molecule has 1 aromatic heterocycles. The van der Waals surface area contributed by atoms with Crippen molar-refractivity contribution in [2.24, 2.45) is 5.73 Å². The van der Waals surface area contributed by atoms with Crippen molar-refractivity contribution in [3.63, 3.8) is 0 Å². The van der Waals surface area contributed by atoms with Gasteiger partial charge in [-0.1, -0.05) is 22.0 Å². The van der Waals surface area contributed by atoms with E-state index in [9.17, 15) is 4.39 Å². The molecule has 0 radical (unpaired) electrons. The summed E-state index contributed by atoms with van der Waals surface area (Å²) >= 11 is 3.38. The zero-order valence-corrected chi connectivity index (χ0v) is 11.8. The number of nitrogens with zero attached hydrogens (tertiary/aromatic N) is 1. The fraction of sp³-hybridized carbons (Fsp3) is 0.286. The molecule has 1 atom stereocenters. The highest BCUT2D eigenvalue weighted by molar-refractivity contribution is 9.10. The Kier molecular flexibility index (Phi) is 4.19. The molecule has 0 saturated carbocycles. The topological polar surface area (TPSA) is 30.9 Å². The summed E-state index contributed by atoms with van der Waals surface area (Å²) in [7, 11) is 0. The lowest BCUT2D eigenvalue weighted by Crippen LogP contribution is -2.17. The van der Waals surface area contributed by atoms with Crippen molar-refractivity contribution in [2.75, 3.05) is 0 Å². The first-order valence-corrected chi connectivity index (χ1v) is 6.68. The monoisotopic (exact) mass is 310 g/mol. The molecule has 4 heteroatoms. The number of halogens is 2. The Bertz CT molecular complexity index is 534. The first-order valence-electron chi connectivity index (χ1n) is 5.89. The smallest absolute Gasteiger partial charge is 0.124 e. The minimum Gasteiger partial charge on any atom is -0.350 e. The molecule has 2 nitrogen and oxygen atoms in total. The van der Waals surface area contributed by atoms with Crippen LogP contribution in [0.3, 0.4) is 0 Å². The summed E-state index contributed by atoms with van der Waals surface area (Å²) in [6.45, 7) is 2.72. The Balaban J connectivity index is 2.11. The largest absolute Gasteiger partial charge is 0.350 e. The van der Waals surface area contributed by atoms with E-state index in [1.54, 1.807) is 6.07 Å². The average Bonchev–Trinajstić information content (AvgIpc) is 2.69. The van der Waals surface area contributed by atoms with Crippen LogP contribution < -0.4 is 5.73 Å². The lowest BCUT2D eigenvalue weighted by molar-refractivity contribution is 0.625. The standard InChI is InChI=1S/C14H16BrFN2/c1-10(17)6-11-4-5-18(8-11)9-12-2-3-13(16)7-14(12)15/h2-5,7-8,10H,6,9,17H2,1H3. The molecule has 0 aliphatic carbocycles. The van der Waals surface area contributed by atoms with Gasteiger partial charge in [-0.05, 0) is 42.7 Å². The number of hydrogen-bond acceptors (Lipinski definition) is 1. The van der Waals surface area contributed by atoms with Gasteiger partial charge in [-0.2, -0.15) is 0 Å². The molecule has 0 aliphatic heterocycles. The van der Waals surface area contributed by atoms with E-state index in [4.69, 9.17) is 5.73 Å². The number of aromatic nitrogens is 1. The third-order valence-electron chi connectivity index (χ3n) is 2.74. The second-order valence-corrected chi connectivity index (χ2v) is 5.46. The van der Waals surface area contributed by atoms with E-state index < -0.39 is 0 Å². The Morgan fingerprint density at radius 2 is 2.17 bits per heavy atom. The van der Waals surface area contributed by atoms with Gasteiger partial charge in [0.15, 0.2) is 0 Å². The zero-order chi connectivity index (χ0) is 13.1. The van der Waals surface area contributed by atoms with Crippen molar-refractivity contribution < 1.29 is 4.39 Å². The molecule has 0 fully saturated rings. The Morgan fingerprint density at radius 1 is 1.39 bits per heavy atom. The summed E-state index contributed by atoms with van der Waals surface area (Å²) in [6.07, 6.45) is 4.98. The summed E-state index contributed by atoms with van der Waals surface area (Å²) in [5.74, 6) is -0.226. The van der Waals surface area contributed by atoms with Crippen LogP contribution >= 0.6 is 15.9 Å². The van der Waals surface area contributed by atoms with Gasteiger partial charge in [0.1, 0.15) is 5.82 Å².